The van der Waals surface area contributed by atoms with Crippen molar-refractivity contribution < 1.29 is 9.59 Å². The number of hydrogen-bond acceptors (Lipinski definition) is 5. The lowest BCUT2D eigenvalue weighted by atomic mass is 10.0. The monoisotopic (exact) mass is 550 g/mol. The Morgan fingerprint density at radius 2 is 1.85 bits per heavy atom. The number of aryl methyl sites for hydroxylation is 2. The number of amides is 2. The molecule has 0 bridgehead atoms. The molecule has 212 valence electrons. The van der Waals surface area contributed by atoms with Crippen LogP contribution < -0.4 is 5.32 Å². The molecule has 3 heterocycles. The molecule has 0 spiro atoms. The number of nitrogens with one attached hydrogen (secondary N) is 1. The molecule has 2 amide bonds. The first-order chi connectivity index (χ1) is 19.8. The van der Waals surface area contributed by atoms with E-state index >= 15 is 0 Å². The normalized spacial score (nSPS) is 15.9. The van der Waals surface area contributed by atoms with E-state index in [1.807, 2.05) is 79.4 Å². The van der Waals surface area contributed by atoms with Gasteiger partial charge in [0.25, 0.3) is 5.91 Å². The summed E-state index contributed by atoms with van der Waals surface area (Å²) < 4.78 is 2.14. The van der Waals surface area contributed by atoms with Crippen LogP contribution in [0.3, 0.4) is 0 Å². The summed E-state index contributed by atoms with van der Waals surface area (Å²) in [4.78, 5) is 40.1. The minimum Gasteiger partial charge on any atom is -0.337 e. The van der Waals surface area contributed by atoms with Crippen molar-refractivity contribution in [1.29, 1.82) is 0 Å². The molecular weight excluding hydrogens is 512 g/mol. The van der Waals surface area contributed by atoms with Crippen LogP contribution in [-0.2, 0) is 4.79 Å². The van der Waals surface area contributed by atoms with E-state index in [9.17, 15) is 9.59 Å². The molecule has 0 aliphatic carbocycles. The Morgan fingerprint density at radius 3 is 2.66 bits per heavy atom. The average molecular weight is 551 g/mol. The van der Waals surface area contributed by atoms with Crippen molar-refractivity contribution in [2.75, 3.05) is 39.0 Å². The lowest BCUT2D eigenvalue weighted by molar-refractivity contribution is -0.126. The van der Waals surface area contributed by atoms with Crippen LogP contribution in [-0.4, -0.2) is 69.9 Å². The molecule has 8 nitrogen and oxygen atoms in total. The van der Waals surface area contributed by atoms with E-state index in [1.54, 1.807) is 18.3 Å². The molecule has 41 heavy (non-hydrogen) atoms. The van der Waals surface area contributed by atoms with Gasteiger partial charge in [-0.15, -0.1) is 0 Å². The molecule has 8 heteroatoms. The fourth-order valence-corrected chi connectivity index (χ4v) is 5.52. The number of imidazole rings is 1. The lowest BCUT2D eigenvalue weighted by Gasteiger charge is -2.26. The predicted molar refractivity (Wildman–Crippen MR) is 164 cm³/mol. The number of anilines is 1. The molecule has 0 radical (unpaired) electrons. The zero-order valence-electron chi connectivity index (χ0n) is 24.3. The average Bonchev–Trinajstić information content (AvgIpc) is 3.15. The SMILES string of the molecule is Cc1ccccc1-c1cc(C(=O)Nc2nc3cccc(C)c3n2C2CCCCN(C(=O)/C=C/CN(C)C)C2)ccn1. The van der Waals surface area contributed by atoms with Crippen LogP contribution in [0.4, 0.5) is 5.95 Å². The zero-order chi connectivity index (χ0) is 28.9. The molecular formula is C33H38N6O2. The van der Waals surface area contributed by atoms with Crippen molar-refractivity contribution >= 4 is 28.8 Å². The summed E-state index contributed by atoms with van der Waals surface area (Å²) in [5.41, 5.74) is 6.24. The Balaban J connectivity index is 1.47. The summed E-state index contributed by atoms with van der Waals surface area (Å²) in [5, 5.41) is 3.11. The van der Waals surface area contributed by atoms with Gasteiger partial charge in [0.15, 0.2) is 0 Å². The van der Waals surface area contributed by atoms with Gasteiger partial charge in [0.2, 0.25) is 11.9 Å². The number of hydrogen-bond donors (Lipinski definition) is 1. The lowest BCUT2D eigenvalue weighted by Crippen LogP contribution is -2.35. The van der Waals surface area contributed by atoms with E-state index in [4.69, 9.17) is 4.98 Å². The van der Waals surface area contributed by atoms with E-state index in [1.165, 1.54) is 0 Å². The molecule has 1 unspecified atom stereocenters. The van der Waals surface area contributed by atoms with Gasteiger partial charge in [-0.05, 0) is 76.5 Å². The van der Waals surface area contributed by atoms with Crippen molar-refractivity contribution in [2.24, 2.45) is 0 Å². The largest absolute Gasteiger partial charge is 0.337 e. The molecule has 1 atom stereocenters. The van der Waals surface area contributed by atoms with Gasteiger partial charge in [0.1, 0.15) is 0 Å². The second-order valence-electron chi connectivity index (χ2n) is 11.0. The first kappa shape index (κ1) is 28.2. The zero-order valence-corrected chi connectivity index (χ0v) is 24.3. The number of likely N-dealkylation sites (tertiary alicyclic amines) is 1. The van der Waals surface area contributed by atoms with E-state index in [0.29, 0.717) is 31.1 Å². The maximum Gasteiger partial charge on any atom is 0.258 e. The summed E-state index contributed by atoms with van der Waals surface area (Å²) in [6, 6.07) is 17.5. The summed E-state index contributed by atoms with van der Waals surface area (Å²) in [6.07, 6.45) is 8.07. The van der Waals surface area contributed by atoms with Gasteiger partial charge >= 0.3 is 0 Å². The topological polar surface area (TPSA) is 83.4 Å². The quantitative estimate of drug-likeness (QED) is 0.301. The van der Waals surface area contributed by atoms with Crippen LogP contribution in [0.2, 0.25) is 0 Å². The number of nitrogens with zero attached hydrogens (tertiary/aromatic N) is 5. The van der Waals surface area contributed by atoms with E-state index in [0.717, 1.165) is 52.7 Å². The third-order valence-electron chi connectivity index (χ3n) is 7.63. The summed E-state index contributed by atoms with van der Waals surface area (Å²) >= 11 is 0. The Bertz CT molecular complexity index is 1590. The number of benzene rings is 2. The molecule has 1 fully saturated rings. The molecule has 1 N–H and O–H groups in total. The number of para-hydroxylation sites is 1. The second kappa shape index (κ2) is 12.5. The summed E-state index contributed by atoms with van der Waals surface area (Å²) in [5.74, 6) is 0.270. The van der Waals surface area contributed by atoms with Crippen LogP contribution >= 0.6 is 0 Å². The molecule has 4 aromatic rings. The molecule has 0 saturated carbocycles. The van der Waals surface area contributed by atoms with Crippen molar-refractivity contribution in [3.8, 4) is 11.3 Å². The van der Waals surface area contributed by atoms with Gasteiger partial charge in [0, 0.05) is 43.0 Å². The Kier molecular flexibility index (Phi) is 8.59. The number of pyridine rings is 1. The first-order valence-electron chi connectivity index (χ1n) is 14.2. The Morgan fingerprint density at radius 1 is 1.05 bits per heavy atom. The summed E-state index contributed by atoms with van der Waals surface area (Å²) in [6.45, 7) is 6.08. The highest BCUT2D eigenvalue weighted by atomic mass is 16.2. The molecule has 1 aliphatic heterocycles. The minimum absolute atomic E-state index is 0.0194. The molecule has 2 aromatic carbocycles. The van der Waals surface area contributed by atoms with Crippen LogP contribution in [0.25, 0.3) is 22.3 Å². The number of likely N-dealkylation sites (N-methyl/N-ethyl adjacent to an activating group) is 1. The highest BCUT2D eigenvalue weighted by Gasteiger charge is 2.27. The van der Waals surface area contributed by atoms with E-state index < -0.39 is 0 Å². The number of fused-ring (bicyclic) bond motifs is 1. The number of carbonyl (C=O) groups excluding carboxylic acids is 2. The number of carbonyl (C=O) groups is 2. The third kappa shape index (κ3) is 6.38. The van der Waals surface area contributed by atoms with Gasteiger partial charge in [-0.25, -0.2) is 4.98 Å². The highest BCUT2D eigenvalue weighted by molar-refractivity contribution is 6.04. The summed E-state index contributed by atoms with van der Waals surface area (Å²) in [7, 11) is 3.96. The number of aromatic nitrogens is 3. The van der Waals surface area contributed by atoms with Crippen LogP contribution in [0.1, 0.15) is 46.8 Å². The van der Waals surface area contributed by atoms with Crippen LogP contribution in [0.5, 0.6) is 0 Å². The van der Waals surface area contributed by atoms with Gasteiger partial charge in [-0.2, -0.15) is 0 Å². The fraction of sp³-hybridized carbons (Fsp3) is 0.333. The van der Waals surface area contributed by atoms with Gasteiger partial charge in [-0.3, -0.25) is 19.9 Å². The van der Waals surface area contributed by atoms with Crippen LogP contribution in [0, 0.1) is 13.8 Å². The van der Waals surface area contributed by atoms with E-state index in [2.05, 4.69) is 27.9 Å². The fourth-order valence-electron chi connectivity index (χ4n) is 5.52. The van der Waals surface area contributed by atoms with Crippen molar-refractivity contribution in [1.82, 2.24) is 24.3 Å². The van der Waals surface area contributed by atoms with E-state index in [-0.39, 0.29) is 17.9 Å². The van der Waals surface area contributed by atoms with Crippen molar-refractivity contribution in [3.05, 3.63) is 89.6 Å². The second-order valence-corrected chi connectivity index (χ2v) is 11.0. The van der Waals surface area contributed by atoms with Crippen molar-refractivity contribution in [3.63, 3.8) is 0 Å². The van der Waals surface area contributed by atoms with Gasteiger partial charge in [-0.1, -0.05) is 42.5 Å². The van der Waals surface area contributed by atoms with Crippen molar-refractivity contribution in [2.45, 2.75) is 39.2 Å². The standard InChI is InChI=1S/C33H38N6O2/c1-23-11-5-6-14-27(23)29-21-25(17-18-34-29)32(41)36-33-35-28-15-9-12-24(2)31(28)39(33)26-13-7-8-20-38(22-26)30(40)16-10-19-37(3)4/h5-6,9-12,14-18,21,26H,7-8,13,19-20,22H2,1-4H3,(H,35,36,41)/b16-10+. The smallest absolute Gasteiger partial charge is 0.258 e. The van der Waals surface area contributed by atoms with Gasteiger partial charge < -0.3 is 14.4 Å². The Hall–Kier alpha value is -4.30. The molecule has 5 rings (SSSR count). The minimum atomic E-state index is -0.246. The molecule has 1 saturated heterocycles. The van der Waals surface area contributed by atoms with Crippen LogP contribution in [0.15, 0.2) is 72.9 Å². The molecule has 1 aliphatic rings. The number of rotatable bonds is 7. The molecule has 2 aromatic heterocycles. The Labute approximate surface area is 241 Å². The maximum atomic E-state index is 13.6. The third-order valence-corrected chi connectivity index (χ3v) is 7.63. The first-order valence-corrected chi connectivity index (χ1v) is 14.2. The highest BCUT2D eigenvalue weighted by Crippen LogP contribution is 2.32. The van der Waals surface area contributed by atoms with Gasteiger partial charge in [0.05, 0.1) is 22.8 Å². The predicted octanol–water partition coefficient (Wildman–Crippen LogP) is 5.64. The maximum absolute atomic E-state index is 13.6.